The average molecular weight is 480 g/mol. The van der Waals surface area contributed by atoms with Gasteiger partial charge in [-0.05, 0) is 55.2 Å². The molecule has 9 nitrogen and oxygen atoms in total. The molecule has 0 fully saturated rings. The maximum absolute atomic E-state index is 13.3. The van der Waals surface area contributed by atoms with E-state index < -0.39 is 6.04 Å². The third kappa shape index (κ3) is 3.16. The second-order valence-electron chi connectivity index (χ2n) is 9.55. The number of nitrogens with zero attached hydrogens (tertiary/aromatic N) is 7. The van der Waals surface area contributed by atoms with E-state index >= 15 is 0 Å². The van der Waals surface area contributed by atoms with E-state index in [1.54, 1.807) is 47.5 Å². The molecule has 5 heterocycles. The van der Waals surface area contributed by atoms with Crippen LogP contribution in [0.25, 0.3) is 16.7 Å². The predicted octanol–water partition coefficient (Wildman–Crippen LogP) is 4.13. The molecule has 6 rings (SSSR count). The number of pyridine rings is 1. The molecule has 1 aliphatic heterocycles. The van der Waals surface area contributed by atoms with Gasteiger partial charge in [0.25, 0.3) is 11.8 Å². The third-order valence-corrected chi connectivity index (χ3v) is 7.05. The number of fused-ring (bicyclic) bond motifs is 4. The van der Waals surface area contributed by atoms with E-state index in [-0.39, 0.29) is 17.7 Å². The first-order valence-electron chi connectivity index (χ1n) is 11.9. The Morgan fingerprint density at radius 1 is 0.917 bits per heavy atom. The number of carbonyl (C=O) groups is 2. The lowest BCUT2D eigenvalue weighted by Gasteiger charge is -2.26. The first kappa shape index (κ1) is 22.1. The molecule has 5 aromatic rings. The summed E-state index contributed by atoms with van der Waals surface area (Å²) in [7, 11) is 0. The van der Waals surface area contributed by atoms with Crippen LogP contribution < -0.4 is 0 Å². The van der Waals surface area contributed by atoms with Crippen LogP contribution in [0.15, 0.2) is 55.1 Å². The number of aromatic nitrogens is 6. The summed E-state index contributed by atoms with van der Waals surface area (Å²) in [5.74, 6) is -0.293. The topological polar surface area (TPSA) is 98.3 Å². The number of carbonyl (C=O) groups excluding carboxylic acids is 2. The summed E-state index contributed by atoms with van der Waals surface area (Å²) in [6, 6.07) is 10.3. The van der Waals surface area contributed by atoms with Crippen molar-refractivity contribution in [3.63, 3.8) is 0 Å². The molecule has 0 bridgehead atoms. The maximum Gasteiger partial charge on any atom is 0.262 e. The van der Waals surface area contributed by atoms with Crippen LogP contribution in [0.1, 0.15) is 63.3 Å². The van der Waals surface area contributed by atoms with Gasteiger partial charge < -0.3 is 4.57 Å². The molecule has 0 radical (unpaired) electrons. The Kier molecular flexibility index (Phi) is 4.96. The SMILES string of the molecule is Cc1c(C)n(Cc2ccncc2)c2ncn3nc([C@H](C(C)C)N4C(=O)c5ccccc5C4=O)nc3c12. The Hall–Kier alpha value is -4.40. The van der Waals surface area contributed by atoms with Crippen molar-refractivity contribution in [1.29, 1.82) is 0 Å². The van der Waals surface area contributed by atoms with E-state index in [0.717, 1.165) is 27.9 Å². The van der Waals surface area contributed by atoms with Gasteiger partial charge in [0.15, 0.2) is 11.5 Å². The summed E-state index contributed by atoms with van der Waals surface area (Å²) < 4.78 is 3.81. The van der Waals surface area contributed by atoms with Crippen LogP contribution in [0, 0.1) is 19.8 Å². The van der Waals surface area contributed by atoms with Crippen LogP contribution in [0.4, 0.5) is 0 Å². The Labute approximate surface area is 207 Å². The molecule has 0 saturated carbocycles. The van der Waals surface area contributed by atoms with Crippen LogP contribution in [0.2, 0.25) is 0 Å². The zero-order valence-corrected chi connectivity index (χ0v) is 20.5. The lowest BCUT2D eigenvalue weighted by Crippen LogP contribution is -2.37. The smallest absolute Gasteiger partial charge is 0.262 e. The molecular weight excluding hydrogens is 454 g/mol. The number of hydrogen-bond donors (Lipinski definition) is 0. The summed E-state index contributed by atoms with van der Waals surface area (Å²) in [6.45, 7) is 8.72. The van der Waals surface area contributed by atoms with Crippen molar-refractivity contribution >= 4 is 28.5 Å². The number of rotatable bonds is 5. The van der Waals surface area contributed by atoms with Crippen molar-refractivity contribution in [2.45, 2.75) is 40.3 Å². The average Bonchev–Trinajstić information content (AvgIpc) is 3.49. The van der Waals surface area contributed by atoms with Crippen LogP contribution in [0.5, 0.6) is 0 Å². The zero-order valence-electron chi connectivity index (χ0n) is 20.5. The van der Waals surface area contributed by atoms with Gasteiger partial charge in [0.2, 0.25) is 0 Å². The highest BCUT2D eigenvalue weighted by Crippen LogP contribution is 2.36. The second-order valence-corrected chi connectivity index (χ2v) is 9.55. The minimum absolute atomic E-state index is 0.0906. The van der Waals surface area contributed by atoms with E-state index in [1.807, 2.05) is 26.0 Å². The Morgan fingerprint density at radius 2 is 1.58 bits per heavy atom. The molecule has 0 saturated heterocycles. The van der Waals surface area contributed by atoms with Crippen molar-refractivity contribution in [1.82, 2.24) is 34.0 Å². The second kappa shape index (κ2) is 8.08. The minimum atomic E-state index is -0.604. The van der Waals surface area contributed by atoms with Crippen LogP contribution in [0.3, 0.4) is 0 Å². The van der Waals surface area contributed by atoms with E-state index in [9.17, 15) is 9.59 Å². The largest absolute Gasteiger partial charge is 0.325 e. The number of hydrogen-bond acceptors (Lipinski definition) is 6. The number of imide groups is 1. The summed E-state index contributed by atoms with van der Waals surface area (Å²) in [6.07, 6.45) is 5.21. The molecule has 0 spiro atoms. The fourth-order valence-corrected chi connectivity index (χ4v) is 5.11. The molecule has 0 unspecified atom stereocenters. The molecule has 1 aliphatic rings. The van der Waals surface area contributed by atoms with Gasteiger partial charge in [0.05, 0.1) is 16.5 Å². The Morgan fingerprint density at radius 3 is 2.22 bits per heavy atom. The van der Waals surface area contributed by atoms with Crippen LogP contribution >= 0.6 is 0 Å². The van der Waals surface area contributed by atoms with E-state index in [1.165, 1.54) is 4.90 Å². The molecule has 9 heteroatoms. The fourth-order valence-electron chi connectivity index (χ4n) is 5.11. The van der Waals surface area contributed by atoms with E-state index in [4.69, 9.17) is 15.1 Å². The molecule has 4 aromatic heterocycles. The highest BCUT2D eigenvalue weighted by molar-refractivity contribution is 6.21. The van der Waals surface area contributed by atoms with Gasteiger partial charge in [-0.15, -0.1) is 5.10 Å². The normalized spacial score (nSPS) is 14.4. The third-order valence-electron chi connectivity index (χ3n) is 7.05. The summed E-state index contributed by atoms with van der Waals surface area (Å²) in [4.78, 5) is 41.5. The Bertz CT molecular complexity index is 1630. The summed E-state index contributed by atoms with van der Waals surface area (Å²) in [5.41, 5.74) is 5.59. The predicted molar refractivity (Wildman–Crippen MR) is 134 cm³/mol. The van der Waals surface area contributed by atoms with E-state index in [0.29, 0.717) is 29.1 Å². The number of benzene rings is 1. The molecular formula is C27H25N7O2. The number of aryl methyl sites for hydroxylation is 1. The molecule has 180 valence electrons. The molecule has 2 amide bonds. The molecule has 36 heavy (non-hydrogen) atoms. The molecule has 0 aliphatic carbocycles. The van der Waals surface area contributed by atoms with Gasteiger partial charge in [-0.2, -0.15) is 0 Å². The van der Waals surface area contributed by atoms with Crippen molar-refractivity contribution < 1.29 is 9.59 Å². The van der Waals surface area contributed by atoms with Crippen LogP contribution in [-0.4, -0.2) is 45.8 Å². The maximum atomic E-state index is 13.3. The lowest BCUT2D eigenvalue weighted by molar-refractivity contribution is 0.0529. The van der Waals surface area contributed by atoms with Gasteiger partial charge in [0, 0.05) is 24.6 Å². The standard InChI is InChI=1S/C27H25N7O2/c1-15(2)22(34-26(35)19-7-5-6-8-20(19)27(34)36)23-30-25-21-16(3)17(4)32(13-18-9-11-28-12-10-18)24(21)29-14-33(25)31-23/h5-12,14-15,22H,13H2,1-4H3/t22-/m0/s1. The van der Waals surface area contributed by atoms with Crippen molar-refractivity contribution in [3.05, 3.63) is 88.9 Å². The minimum Gasteiger partial charge on any atom is -0.325 e. The molecule has 1 aromatic carbocycles. The Balaban J connectivity index is 1.48. The van der Waals surface area contributed by atoms with Gasteiger partial charge >= 0.3 is 0 Å². The lowest BCUT2D eigenvalue weighted by atomic mass is 10.0. The summed E-state index contributed by atoms with van der Waals surface area (Å²) in [5, 5.41) is 5.61. The highest BCUT2D eigenvalue weighted by Gasteiger charge is 2.43. The summed E-state index contributed by atoms with van der Waals surface area (Å²) >= 11 is 0. The highest BCUT2D eigenvalue weighted by atomic mass is 16.2. The molecule has 1 atom stereocenters. The van der Waals surface area contributed by atoms with Gasteiger partial charge in [-0.3, -0.25) is 19.5 Å². The zero-order chi connectivity index (χ0) is 25.1. The van der Waals surface area contributed by atoms with Crippen molar-refractivity contribution in [2.24, 2.45) is 5.92 Å². The quantitative estimate of drug-likeness (QED) is 0.352. The number of amides is 2. The molecule has 0 N–H and O–H groups in total. The fraction of sp³-hybridized carbons (Fsp3) is 0.259. The first-order valence-corrected chi connectivity index (χ1v) is 11.9. The van der Waals surface area contributed by atoms with Gasteiger partial charge in [-0.1, -0.05) is 26.0 Å². The van der Waals surface area contributed by atoms with Crippen molar-refractivity contribution in [3.8, 4) is 0 Å². The van der Waals surface area contributed by atoms with Crippen molar-refractivity contribution in [2.75, 3.05) is 0 Å². The van der Waals surface area contributed by atoms with E-state index in [2.05, 4.69) is 23.4 Å². The first-order chi connectivity index (χ1) is 17.4. The van der Waals surface area contributed by atoms with Crippen LogP contribution in [-0.2, 0) is 6.54 Å². The van der Waals surface area contributed by atoms with Gasteiger partial charge in [-0.25, -0.2) is 14.5 Å². The van der Waals surface area contributed by atoms with Gasteiger partial charge in [0.1, 0.15) is 18.0 Å². The monoisotopic (exact) mass is 479 g/mol.